The third-order valence-corrected chi connectivity index (χ3v) is 4.78. The Labute approximate surface area is 112 Å². The summed E-state index contributed by atoms with van der Waals surface area (Å²) in [6.45, 7) is 10.2. The van der Waals surface area contributed by atoms with Gasteiger partial charge in [-0.25, -0.2) is 0 Å². The quantitative estimate of drug-likeness (QED) is 0.788. The van der Waals surface area contributed by atoms with Crippen LogP contribution in [0.4, 0.5) is 0 Å². The third-order valence-electron chi connectivity index (χ3n) is 4.78. The molecule has 0 aromatic rings. The van der Waals surface area contributed by atoms with Crippen LogP contribution in [0.25, 0.3) is 0 Å². The molecule has 0 aromatic carbocycles. The van der Waals surface area contributed by atoms with Crippen molar-refractivity contribution in [1.29, 1.82) is 0 Å². The van der Waals surface area contributed by atoms with Gasteiger partial charge in [0.1, 0.15) is 0 Å². The van der Waals surface area contributed by atoms with Crippen LogP contribution in [0.15, 0.2) is 0 Å². The zero-order chi connectivity index (χ0) is 13.0. The summed E-state index contributed by atoms with van der Waals surface area (Å²) < 4.78 is 5.72. The minimum Gasteiger partial charge on any atom is -0.377 e. The molecular weight excluding hydrogens is 224 g/mol. The molecule has 2 fully saturated rings. The van der Waals surface area contributed by atoms with Gasteiger partial charge >= 0.3 is 0 Å². The molecule has 0 aromatic heterocycles. The van der Waals surface area contributed by atoms with Crippen LogP contribution in [0.2, 0.25) is 0 Å². The highest BCUT2D eigenvalue weighted by Crippen LogP contribution is 2.25. The van der Waals surface area contributed by atoms with Gasteiger partial charge in [0, 0.05) is 37.8 Å². The van der Waals surface area contributed by atoms with Crippen molar-refractivity contribution in [3.8, 4) is 0 Å². The highest BCUT2D eigenvalue weighted by molar-refractivity contribution is 4.85. The topological polar surface area (TPSA) is 24.5 Å². The van der Waals surface area contributed by atoms with Crippen molar-refractivity contribution < 1.29 is 4.74 Å². The van der Waals surface area contributed by atoms with Crippen molar-refractivity contribution in [2.45, 2.75) is 77.1 Å². The number of likely N-dealkylation sites (tertiary alicyclic amines) is 1. The molecule has 2 saturated heterocycles. The Morgan fingerprint density at radius 3 is 2.83 bits per heavy atom. The number of nitrogens with zero attached hydrogens (tertiary/aromatic N) is 1. The maximum absolute atomic E-state index is 5.72. The summed E-state index contributed by atoms with van der Waals surface area (Å²) in [5.74, 6) is 0. The van der Waals surface area contributed by atoms with Crippen molar-refractivity contribution >= 4 is 0 Å². The Balaban J connectivity index is 1.67. The smallest absolute Gasteiger partial charge is 0.0726 e. The second kappa shape index (κ2) is 6.88. The van der Waals surface area contributed by atoms with Gasteiger partial charge < -0.3 is 10.1 Å². The summed E-state index contributed by atoms with van der Waals surface area (Å²) in [5, 5.41) is 3.65. The van der Waals surface area contributed by atoms with E-state index in [1.807, 2.05) is 0 Å². The second-order valence-corrected chi connectivity index (χ2v) is 6.02. The van der Waals surface area contributed by atoms with Crippen LogP contribution < -0.4 is 5.32 Å². The van der Waals surface area contributed by atoms with Crippen LogP contribution in [0, 0.1) is 0 Å². The predicted molar refractivity (Wildman–Crippen MR) is 75.9 cm³/mol. The maximum Gasteiger partial charge on any atom is 0.0726 e. The number of nitrogens with one attached hydrogen (secondary N) is 1. The third kappa shape index (κ3) is 3.46. The van der Waals surface area contributed by atoms with Crippen LogP contribution in [0.3, 0.4) is 0 Å². The minimum absolute atomic E-state index is 0.447. The first-order valence-corrected chi connectivity index (χ1v) is 7.83. The summed E-state index contributed by atoms with van der Waals surface area (Å²) in [7, 11) is 0. The van der Waals surface area contributed by atoms with Gasteiger partial charge in [0.2, 0.25) is 0 Å². The average Bonchev–Trinajstić information content (AvgIpc) is 3.00. The summed E-state index contributed by atoms with van der Waals surface area (Å²) >= 11 is 0. The molecule has 3 heteroatoms. The number of hydrogen-bond donors (Lipinski definition) is 1. The molecule has 0 spiro atoms. The number of hydrogen-bond acceptors (Lipinski definition) is 3. The molecule has 4 atom stereocenters. The first-order chi connectivity index (χ1) is 8.72. The highest BCUT2D eigenvalue weighted by Gasteiger charge is 2.29. The van der Waals surface area contributed by atoms with Crippen LogP contribution >= 0.6 is 0 Å². The van der Waals surface area contributed by atoms with Gasteiger partial charge in [-0.05, 0) is 46.0 Å². The van der Waals surface area contributed by atoms with Gasteiger partial charge in [0.05, 0.1) is 6.10 Å². The summed E-state index contributed by atoms with van der Waals surface area (Å²) in [5.41, 5.74) is 0. The van der Waals surface area contributed by atoms with Gasteiger partial charge in [-0.3, -0.25) is 4.90 Å². The van der Waals surface area contributed by atoms with Crippen molar-refractivity contribution in [1.82, 2.24) is 10.2 Å². The van der Waals surface area contributed by atoms with E-state index in [0.29, 0.717) is 12.1 Å². The molecule has 2 heterocycles. The Hall–Kier alpha value is -0.120. The van der Waals surface area contributed by atoms with Crippen molar-refractivity contribution in [2.24, 2.45) is 0 Å². The summed E-state index contributed by atoms with van der Waals surface area (Å²) in [6.07, 6.45) is 6.97. The molecule has 2 rings (SSSR count). The molecule has 2 aliphatic heterocycles. The van der Waals surface area contributed by atoms with Crippen molar-refractivity contribution in [3.63, 3.8) is 0 Å². The van der Waals surface area contributed by atoms with E-state index in [4.69, 9.17) is 4.74 Å². The monoisotopic (exact) mass is 254 g/mol. The normalized spacial score (nSPS) is 35.2. The molecule has 0 radical (unpaired) electrons. The van der Waals surface area contributed by atoms with Crippen LogP contribution in [-0.2, 0) is 4.74 Å². The van der Waals surface area contributed by atoms with E-state index in [2.05, 4.69) is 31.0 Å². The molecule has 0 saturated carbocycles. The molecule has 4 unspecified atom stereocenters. The number of ether oxygens (including phenoxy) is 1. The first kappa shape index (κ1) is 14.3. The molecule has 1 N–H and O–H groups in total. The van der Waals surface area contributed by atoms with E-state index in [-0.39, 0.29) is 0 Å². The number of rotatable bonds is 6. The fraction of sp³-hybridized carbons (Fsp3) is 1.00. The highest BCUT2D eigenvalue weighted by atomic mass is 16.5. The van der Waals surface area contributed by atoms with E-state index >= 15 is 0 Å². The van der Waals surface area contributed by atoms with Gasteiger partial charge in [-0.2, -0.15) is 0 Å². The SMILES string of the molecule is CCC1CCC(C)N1CCNC(C)C1CCCO1. The lowest BCUT2D eigenvalue weighted by molar-refractivity contribution is 0.0817. The fourth-order valence-corrected chi connectivity index (χ4v) is 3.52. The fourth-order valence-electron chi connectivity index (χ4n) is 3.52. The van der Waals surface area contributed by atoms with Gasteiger partial charge in [0.25, 0.3) is 0 Å². The molecule has 18 heavy (non-hydrogen) atoms. The Kier molecular flexibility index (Phi) is 5.46. The Morgan fingerprint density at radius 1 is 1.33 bits per heavy atom. The Bertz CT molecular complexity index is 241. The molecule has 2 aliphatic rings. The minimum atomic E-state index is 0.447. The zero-order valence-corrected chi connectivity index (χ0v) is 12.3. The van der Waals surface area contributed by atoms with E-state index < -0.39 is 0 Å². The summed E-state index contributed by atoms with van der Waals surface area (Å²) in [4.78, 5) is 2.69. The van der Waals surface area contributed by atoms with Crippen LogP contribution in [-0.4, -0.2) is 48.8 Å². The molecular formula is C15H30N2O. The first-order valence-electron chi connectivity index (χ1n) is 7.83. The standard InChI is InChI=1S/C15H30N2O/c1-4-14-8-7-12(2)17(14)10-9-16-13(3)15-6-5-11-18-15/h12-16H,4-11H2,1-3H3. The van der Waals surface area contributed by atoms with E-state index in [9.17, 15) is 0 Å². The molecule has 106 valence electrons. The lowest BCUT2D eigenvalue weighted by Gasteiger charge is -2.29. The van der Waals surface area contributed by atoms with Gasteiger partial charge in [-0.1, -0.05) is 6.92 Å². The molecule has 0 bridgehead atoms. The van der Waals surface area contributed by atoms with Crippen LogP contribution in [0.5, 0.6) is 0 Å². The molecule has 0 amide bonds. The summed E-state index contributed by atoms with van der Waals surface area (Å²) in [6, 6.07) is 2.10. The lowest BCUT2D eigenvalue weighted by atomic mass is 10.1. The zero-order valence-electron chi connectivity index (χ0n) is 12.3. The van der Waals surface area contributed by atoms with E-state index in [1.165, 1.54) is 38.6 Å². The molecule has 3 nitrogen and oxygen atoms in total. The maximum atomic E-state index is 5.72. The van der Waals surface area contributed by atoms with Crippen molar-refractivity contribution in [3.05, 3.63) is 0 Å². The van der Waals surface area contributed by atoms with E-state index in [1.54, 1.807) is 0 Å². The lowest BCUT2D eigenvalue weighted by Crippen LogP contribution is -2.44. The van der Waals surface area contributed by atoms with Crippen LogP contribution in [0.1, 0.15) is 52.9 Å². The Morgan fingerprint density at radius 2 is 2.17 bits per heavy atom. The second-order valence-electron chi connectivity index (χ2n) is 6.02. The van der Waals surface area contributed by atoms with Gasteiger partial charge in [0.15, 0.2) is 0 Å². The largest absolute Gasteiger partial charge is 0.377 e. The van der Waals surface area contributed by atoms with Crippen molar-refractivity contribution in [2.75, 3.05) is 19.7 Å². The predicted octanol–water partition coefficient (Wildman–Crippen LogP) is 2.41. The average molecular weight is 254 g/mol. The van der Waals surface area contributed by atoms with E-state index in [0.717, 1.165) is 25.2 Å². The molecule has 0 aliphatic carbocycles. The van der Waals surface area contributed by atoms with Gasteiger partial charge in [-0.15, -0.1) is 0 Å².